The predicted octanol–water partition coefficient (Wildman–Crippen LogP) is 6.25. The Hall–Kier alpha value is -3.27. The Balaban J connectivity index is 1.44. The van der Waals surface area contributed by atoms with Crippen LogP contribution in [-0.2, 0) is 4.79 Å². The molecule has 30 heavy (non-hydrogen) atoms. The summed E-state index contributed by atoms with van der Waals surface area (Å²) in [6.45, 7) is 4.92. The van der Waals surface area contributed by atoms with Crippen molar-refractivity contribution in [3.63, 3.8) is 0 Å². The summed E-state index contributed by atoms with van der Waals surface area (Å²) in [5, 5.41) is 2.84. The molecule has 3 aromatic rings. The Morgan fingerprint density at radius 2 is 1.33 bits per heavy atom. The fraction of sp³-hybridized carbons (Fsp3) is 0.269. The van der Waals surface area contributed by atoms with Crippen LogP contribution in [0.15, 0.2) is 72.8 Å². The monoisotopic (exact) mass is 403 g/mol. The smallest absolute Gasteiger partial charge is 0.262 e. The van der Waals surface area contributed by atoms with Crippen molar-refractivity contribution in [2.24, 2.45) is 0 Å². The van der Waals surface area contributed by atoms with Crippen molar-refractivity contribution in [1.29, 1.82) is 0 Å². The number of unbranched alkanes of at least 4 members (excludes halogenated alkanes) is 2. The number of aryl methyl sites for hydroxylation is 1. The zero-order valence-electron chi connectivity index (χ0n) is 17.7. The summed E-state index contributed by atoms with van der Waals surface area (Å²) in [4.78, 5) is 12.2. The van der Waals surface area contributed by atoms with Crippen molar-refractivity contribution in [2.45, 2.75) is 33.1 Å². The van der Waals surface area contributed by atoms with E-state index in [2.05, 4.69) is 43.4 Å². The molecule has 3 rings (SSSR count). The molecular formula is C26H29NO3. The quantitative estimate of drug-likeness (QED) is 0.407. The Bertz CT molecular complexity index is 916. The van der Waals surface area contributed by atoms with Crippen LogP contribution in [0.3, 0.4) is 0 Å². The van der Waals surface area contributed by atoms with Gasteiger partial charge in [0, 0.05) is 5.69 Å². The normalized spacial score (nSPS) is 10.5. The lowest BCUT2D eigenvalue weighted by Crippen LogP contribution is -2.20. The number of rotatable bonds is 10. The minimum absolute atomic E-state index is 0.0425. The standard InChI is InChI=1S/C26H29NO3/c1-3-4-5-18-29-24-16-12-23(13-17-24)27-26(28)19-30-25-14-10-22(11-15-25)21-8-6-20(2)7-9-21/h6-17H,3-5,18-19H2,1-2H3,(H,27,28). The van der Waals surface area contributed by atoms with Crippen molar-refractivity contribution < 1.29 is 14.3 Å². The van der Waals surface area contributed by atoms with Crippen molar-refractivity contribution in [1.82, 2.24) is 0 Å². The third kappa shape index (κ3) is 6.66. The molecule has 0 spiro atoms. The fourth-order valence-corrected chi connectivity index (χ4v) is 3.01. The van der Waals surface area contributed by atoms with Crippen LogP contribution >= 0.6 is 0 Å². The van der Waals surface area contributed by atoms with Gasteiger partial charge in [0.2, 0.25) is 0 Å². The summed E-state index contributed by atoms with van der Waals surface area (Å²) >= 11 is 0. The van der Waals surface area contributed by atoms with Crippen LogP contribution < -0.4 is 14.8 Å². The van der Waals surface area contributed by atoms with E-state index in [9.17, 15) is 4.79 Å². The lowest BCUT2D eigenvalue weighted by Gasteiger charge is -2.10. The van der Waals surface area contributed by atoms with Gasteiger partial charge in [0.15, 0.2) is 6.61 Å². The highest BCUT2D eigenvalue weighted by Crippen LogP contribution is 2.23. The summed E-state index contributed by atoms with van der Waals surface area (Å²) in [6, 6.07) is 23.5. The maximum Gasteiger partial charge on any atom is 0.262 e. The van der Waals surface area contributed by atoms with Gasteiger partial charge in [-0.1, -0.05) is 61.7 Å². The molecule has 4 heteroatoms. The molecule has 0 atom stereocenters. The lowest BCUT2D eigenvalue weighted by atomic mass is 10.0. The zero-order valence-corrected chi connectivity index (χ0v) is 17.7. The molecule has 0 aliphatic carbocycles. The Labute approximate surface area is 178 Å². The van der Waals surface area contributed by atoms with E-state index in [-0.39, 0.29) is 12.5 Å². The van der Waals surface area contributed by atoms with Crippen LogP contribution in [0.25, 0.3) is 11.1 Å². The SMILES string of the molecule is CCCCCOc1ccc(NC(=O)COc2ccc(-c3ccc(C)cc3)cc2)cc1. The molecule has 0 heterocycles. The van der Waals surface area contributed by atoms with Crippen LogP contribution in [0.1, 0.15) is 31.7 Å². The minimum atomic E-state index is -0.200. The third-order valence-corrected chi connectivity index (χ3v) is 4.76. The number of nitrogens with one attached hydrogen (secondary N) is 1. The summed E-state index contributed by atoms with van der Waals surface area (Å²) in [6.07, 6.45) is 3.40. The molecule has 0 aliphatic heterocycles. The van der Waals surface area contributed by atoms with E-state index in [1.165, 1.54) is 18.4 Å². The van der Waals surface area contributed by atoms with Gasteiger partial charge in [0.25, 0.3) is 5.91 Å². The minimum Gasteiger partial charge on any atom is -0.494 e. The number of amides is 1. The molecule has 0 saturated heterocycles. The van der Waals surface area contributed by atoms with E-state index in [1.807, 2.05) is 48.5 Å². The largest absolute Gasteiger partial charge is 0.494 e. The number of carbonyl (C=O) groups is 1. The van der Waals surface area contributed by atoms with Gasteiger partial charge >= 0.3 is 0 Å². The fourth-order valence-electron chi connectivity index (χ4n) is 3.01. The number of anilines is 1. The third-order valence-electron chi connectivity index (χ3n) is 4.76. The molecule has 0 radical (unpaired) electrons. The van der Waals surface area contributed by atoms with Gasteiger partial charge in [-0.05, 0) is 60.9 Å². The van der Waals surface area contributed by atoms with Gasteiger partial charge in [0.1, 0.15) is 11.5 Å². The molecule has 156 valence electrons. The van der Waals surface area contributed by atoms with Crippen LogP contribution in [0.5, 0.6) is 11.5 Å². The highest BCUT2D eigenvalue weighted by atomic mass is 16.5. The molecule has 0 fully saturated rings. The molecule has 0 saturated carbocycles. The first-order valence-electron chi connectivity index (χ1n) is 10.5. The van der Waals surface area contributed by atoms with E-state index in [0.717, 1.165) is 35.6 Å². The Kier molecular flexibility index (Phi) is 7.90. The Morgan fingerprint density at radius 1 is 0.767 bits per heavy atom. The molecule has 0 aliphatic rings. The first-order chi connectivity index (χ1) is 14.6. The van der Waals surface area contributed by atoms with Gasteiger partial charge in [-0.3, -0.25) is 4.79 Å². The van der Waals surface area contributed by atoms with Crippen LogP contribution in [-0.4, -0.2) is 19.1 Å². The van der Waals surface area contributed by atoms with E-state index >= 15 is 0 Å². The van der Waals surface area contributed by atoms with Gasteiger partial charge in [-0.25, -0.2) is 0 Å². The summed E-state index contributed by atoms with van der Waals surface area (Å²) in [5.41, 5.74) is 4.23. The molecule has 4 nitrogen and oxygen atoms in total. The topological polar surface area (TPSA) is 47.6 Å². The maximum absolute atomic E-state index is 12.2. The second-order valence-corrected chi connectivity index (χ2v) is 7.31. The van der Waals surface area contributed by atoms with E-state index in [1.54, 1.807) is 0 Å². The van der Waals surface area contributed by atoms with Gasteiger partial charge in [-0.2, -0.15) is 0 Å². The van der Waals surface area contributed by atoms with E-state index in [0.29, 0.717) is 5.75 Å². The van der Waals surface area contributed by atoms with Crippen LogP contribution in [0, 0.1) is 6.92 Å². The highest BCUT2D eigenvalue weighted by molar-refractivity contribution is 5.91. The van der Waals surface area contributed by atoms with Crippen molar-refractivity contribution in [3.05, 3.63) is 78.4 Å². The van der Waals surface area contributed by atoms with Gasteiger partial charge in [-0.15, -0.1) is 0 Å². The van der Waals surface area contributed by atoms with Crippen molar-refractivity contribution >= 4 is 11.6 Å². The van der Waals surface area contributed by atoms with Crippen LogP contribution in [0.4, 0.5) is 5.69 Å². The molecule has 0 aromatic heterocycles. The number of hydrogen-bond donors (Lipinski definition) is 1. The molecular weight excluding hydrogens is 374 g/mol. The van der Waals surface area contributed by atoms with Crippen LogP contribution in [0.2, 0.25) is 0 Å². The molecule has 0 bridgehead atoms. The summed E-state index contributed by atoms with van der Waals surface area (Å²) in [7, 11) is 0. The second-order valence-electron chi connectivity index (χ2n) is 7.31. The van der Waals surface area contributed by atoms with Gasteiger partial charge in [0.05, 0.1) is 6.61 Å². The molecule has 1 amide bonds. The molecule has 1 N–H and O–H groups in total. The summed E-state index contributed by atoms with van der Waals surface area (Å²) in [5.74, 6) is 1.28. The number of hydrogen-bond acceptors (Lipinski definition) is 3. The average molecular weight is 404 g/mol. The second kappa shape index (κ2) is 11.1. The highest BCUT2D eigenvalue weighted by Gasteiger charge is 2.05. The van der Waals surface area contributed by atoms with E-state index in [4.69, 9.17) is 9.47 Å². The lowest BCUT2D eigenvalue weighted by molar-refractivity contribution is -0.118. The predicted molar refractivity (Wildman–Crippen MR) is 122 cm³/mol. The Morgan fingerprint density at radius 3 is 1.97 bits per heavy atom. The number of ether oxygens (including phenoxy) is 2. The van der Waals surface area contributed by atoms with Gasteiger partial charge < -0.3 is 14.8 Å². The number of benzene rings is 3. The zero-order chi connectivity index (χ0) is 21.2. The first kappa shape index (κ1) is 21.4. The summed E-state index contributed by atoms with van der Waals surface area (Å²) < 4.78 is 11.3. The van der Waals surface area contributed by atoms with Crippen molar-refractivity contribution in [2.75, 3.05) is 18.5 Å². The van der Waals surface area contributed by atoms with E-state index < -0.39 is 0 Å². The first-order valence-corrected chi connectivity index (χ1v) is 10.5. The molecule has 0 unspecified atom stereocenters. The number of carbonyl (C=O) groups excluding carboxylic acids is 1. The van der Waals surface area contributed by atoms with Crippen molar-refractivity contribution in [3.8, 4) is 22.6 Å². The average Bonchev–Trinajstić information content (AvgIpc) is 2.77. The maximum atomic E-state index is 12.2. The molecule has 3 aromatic carbocycles.